The van der Waals surface area contributed by atoms with E-state index in [4.69, 9.17) is 26.8 Å². The van der Waals surface area contributed by atoms with Gasteiger partial charge in [0.2, 0.25) is 0 Å². The third kappa shape index (κ3) is 4.59. The molecular weight excluding hydrogens is 356 g/mol. The molecule has 0 spiro atoms. The summed E-state index contributed by atoms with van der Waals surface area (Å²) in [6.07, 6.45) is 1.27. The standard InChI is InChI=1S/C18H17ClN4O3/c1-25-16-6-4-13(8-17(16)26-2)23-18(24)11(9-20)10-22-15-5-3-12(21)7-14(15)19/h3-8,10,22H,21H2,1-2H3,(H,23,24)/b11-10-. The SMILES string of the molecule is COc1ccc(NC(=O)/C(C#N)=C\Nc2ccc(N)cc2Cl)cc1OC. The van der Waals surface area contributed by atoms with E-state index in [1.165, 1.54) is 20.4 Å². The van der Waals surface area contributed by atoms with Crippen LogP contribution in [0.3, 0.4) is 0 Å². The van der Waals surface area contributed by atoms with E-state index in [0.717, 1.165) is 0 Å². The van der Waals surface area contributed by atoms with E-state index in [-0.39, 0.29) is 5.57 Å². The van der Waals surface area contributed by atoms with Crippen LogP contribution in [0.25, 0.3) is 0 Å². The molecule has 2 rings (SSSR count). The van der Waals surface area contributed by atoms with Crippen LogP contribution in [0.1, 0.15) is 0 Å². The summed E-state index contributed by atoms with van der Waals surface area (Å²) in [6.45, 7) is 0. The zero-order chi connectivity index (χ0) is 19.1. The summed E-state index contributed by atoms with van der Waals surface area (Å²) < 4.78 is 10.3. The Balaban J connectivity index is 2.14. The van der Waals surface area contributed by atoms with E-state index in [2.05, 4.69) is 10.6 Å². The fourth-order valence-corrected chi connectivity index (χ4v) is 2.30. The summed E-state index contributed by atoms with van der Waals surface area (Å²) >= 11 is 6.05. The number of nitriles is 1. The van der Waals surface area contributed by atoms with Gasteiger partial charge in [-0.15, -0.1) is 0 Å². The molecule has 7 nitrogen and oxygen atoms in total. The van der Waals surface area contributed by atoms with Gasteiger partial charge in [-0.1, -0.05) is 11.6 Å². The maximum atomic E-state index is 12.3. The first-order chi connectivity index (χ1) is 12.5. The first-order valence-electron chi connectivity index (χ1n) is 7.43. The van der Waals surface area contributed by atoms with Gasteiger partial charge < -0.3 is 25.8 Å². The zero-order valence-electron chi connectivity index (χ0n) is 14.2. The summed E-state index contributed by atoms with van der Waals surface area (Å²) in [6, 6.07) is 11.6. The summed E-state index contributed by atoms with van der Waals surface area (Å²) in [5, 5.41) is 15.0. The number of hydrogen-bond donors (Lipinski definition) is 3. The van der Waals surface area contributed by atoms with Crippen molar-refractivity contribution < 1.29 is 14.3 Å². The van der Waals surface area contributed by atoms with Crippen LogP contribution < -0.4 is 25.8 Å². The maximum Gasteiger partial charge on any atom is 0.267 e. The Kier molecular flexibility index (Phi) is 6.31. The molecule has 2 aromatic rings. The molecule has 0 fully saturated rings. The van der Waals surface area contributed by atoms with Crippen LogP contribution in [0.4, 0.5) is 17.1 Å². The molecular formula is C18H17ClN4O3. The molecule has 0 saturated carbocycles. The third-order valence-corrected chi connectivity index (χ3v) is 3.68. The molecule has 0 aliphatic carbocycles. The summed E-state index contributed by atoms with van der Waals surface area (Å²) in [5.41, 5.74) is 6.98. The minimum Gasteiger partial charge on any atom is -0.493 e. The van der Waals surface area contributed by atoms with Crippen molar-refractivity contribution in [3.63, 3.8) is 0 Å². The number of nitrogens with zero attached hydrogens (tertiary/aromatic N) is 1. The lowest BCUT2D eigenvalue weighted by atomic mass is 10.2. The first-order valence-corrected chi connectivity index (χ1v) is 7.81. The molecule has 8 heteroatoms. The van der Waals surface area contributed by atoms with Crippen LogP contribution in [0.5, 0.6) is 11.5 Å². The van der Waals surface area contributed by atoms with Crippen molar-refractivity contribution in [3.8, 4) is 17.6 Å². The Morgan fingerprint density at radius 3 is 2.54 bits per heavy atom. The highest BCUT2D eigenvalue weighted by Gasteiger charge is 2.12. The van der Waals surface area contributed by atoms with Crippen molar-refractivity contribution in [1.29, 1.82) is 5.26 Å². The zero-order valence-corrected chi connectivity index (χ0v) is 14.9. The van der Waals surface area contributed by atoms with E-state index in [1.54, 1.807) is 36.4 Å². The minimum absolute atomic E-state index is 0.132. The summed E-state index contributed by atoms with van der Waals surface area (Å²) in [5.74, 6) is 0.402. The molecule has 0 bridgehead atoms. The molecule has 26 heavy (non-hydrogen) atoms. The average molecular weight is 373 g/mol. The van der Waals surface area contributed by atoms with Gasteiger partial charge >= 0.3 is 0 Å². The van der Waals surface area contributed by atoms with E-state index in [9.17, 15) is 10.1 Å². The van der Waals surface area contributed by atoms with Gasteiger partial charge in [-0.25, -0.2) is 0 Å². The number of nitrogens with two attached hydrogens (primary N) is 1. The van der Waals surface area contributed by atoms with Gasteiger partial charge in [0.25, 0.3) is 5.91 Å². The fourth-order valence-electron chi connectivity index (χ4n) is 2.06. The molecule has 0 atom stereocenters. The lowest BCUT2D eigenvalue weighted by Crippen LogP contribution is -2.14. The van der Waals surface area contributed by atoms with Crippen LogP contribution >= 0.6 is 11.6 Å². The second kappa shape index (κ2) is 8.65. The number of benzene rings is 2. The number of nitrogens with one attached hydrogen (secondary N) is 2. The molecule has 2 aromatic carbocycles. The van der Waals surface area contributed by atoms with E-state index >= 15 is 0 Å². The number of halogens is 1. The number of rotatable bonds is 6. The number of nitrogen functional groups attached to an aromatic ring is 1. The number of hydrogen-bond acceptors (Lipinski definition) is 6. The first kappa shape index (κ1) is 19.0. The number of ether oxygens (including phenoxy) is 2. The topological polar surface area (TPSA) is 109 Å². The van der Waals surface area contributed by atoms with Crippen molar-refractivity contribution in [3.05, 3.63) is 53.2 Å². The Labute approximate surface area is 156 Å². The molecule has 0 radical (unpaired) electrons. The van der Waals surface area contributed by atoms with Gasteiger partial charge in [-0.2, -0.15) is 5.26 Å². The van der Waals surface area contributed by atoms with E-state index in [0.29, 0.717) is 33.6 Å². The molecule has 4 N–H and O–H groups in total. The minimum atomic E-state index is -0.584. The molecule has 0 saturated heterocycles. The lowest BCUT2D eigenvalue weighted by Gasteiger charge is -2.10. The highest BCUT2D eigenvalue weighted by atomic mass is 35.5. The summed E-state index contributed by atoms with van der Waals surface area (Å²) in [7, 11) is 3.00. The van der Waals surface area contributed by atoms with Crippen molar-refractivity contribution in [2.75, 3.05) is 30.6 Å². The number of carbonyl (C=O) groups is 1. The van der Waals surface area contributed by atoms with Gasteiger partial charge in [0.1, 0.15) is 11.6 Å². The predicted molar refractivity (Wildman–Crippen MR) is 101 cm³/mol. The monoisotopic (exact) mass is 372 g/mol. The van der Waals surface area contributed by atoms with Crippen LogP contribution in [-0.2, 0) is 4.79 Å². The van der Waals surface area contributed by atoms with Crippen molar-refractivity contribution in [2.24, 2.45) is 0 Å². The van der Waals surface area contributed by atoms with Gasteiger partial charge in [0, 0.05) is 23.6 Å². The normalized spacial score (nSPS) is 10.6. The van der Waals surface area contributed by atoms with Gasteiger partial charge in [0.05, 0.1) is 24.9 Å². The Bertz CT molecular complexity index is 890. The number of methoxy groups -OCH3 is 2. The quantitative estimate of drug-likeness (QED) is 0.407. The fraction of sp³-hybridized carbons (Fsp3) is 0.111. The lowest BCUT2D eigenvalue weighted by molar-refractivity contribution is -0.112. The van der Waals surface area contributed by atoms with Gasteiger partial charge in [-0.05, 0) is 30.3 Å². The van der Waals surface area contributed by atoms with Crippen LogP contribution in [0.15, 0.2) is 48.2 Å². The van der Waals surface area contributed by atoms with Crippen molar-refractivity contribution in [2.45, 2.75) is 0 Å². The molecule has 0 unspecified atom stereocenters. The predicted octanol–water partition coefficient (Wildman–Crippen LogP) is 3.40. The largest absolute Gasteiger partial charge is 0.493 e. The maximum absolute atomic E-state index is 12.3. The van der Waals surface area contributed by atoms with Gasteiger partial charge in [-0.3, -0.25) is 4.79 Å². The van der Waals surface area contributed by atoms with Gasteiger partial charge in [0.15, 0.2) is 11.5 Å². The Morgan fingerprint density at radius 1 is 1.19 bits per heavy atom. The molecule has 0 heterocycles. The van der Waals surface area contributed by atoms with E-state index < -0.39 is 5.91 Å². The molecule has 1 amide bonds. The number of anilines is 3. The smallest absolute Gasteiger partial charge is 0.267 e. The van der Waals surface area contributed by atoms with Crippen molar-refractivity contribution in [1.82, 2.24) is 0 Å². The van der Waals surface area contributed by atoms with Crippen LogP contribution in [0, 0.1) is 11.3 Å². The Hall–Kier alpha value is -3.37. The van der Waals surface area contributed by atoms with Crippen LogP contribution in [-0.4, -0.2) is 20.1 Å². The highest BCUT2D eigenvalue weighted by Crippen LogP contribution is 2.30. The number of amides is 1. The molecule has 0 aromatic heterocycles. The van der Waals surface area contributed by atoms with Crippen LogP contribution in [0.2, 0.25) is 5.02 Å². The molecule has 0 aliphatic rings. The molecule has 0 aliphatic heterocycles. The average Bonchev–Trinajstić information content (AvgIpc) is 2.63. The molecule has 134 valence electrons. The Morgan fingerprint density at radius 2 is 1.92 bits per heavy atom. The highest BCUT2D eigenvalue weighted by molar-refractivity contribution is 6.33. The second-order valence-corrected chi connectivity index (χ2v) is 5.48. The van der Waals surface area contributed by atoms with E-state index in [1.807, 2.05) is 6.07 Å². The van der Waals surface area contributed by atoms with Crippen molar-refractivity contribution >= 4 is 34.6 Å². The third-order valence-electron chi connectivity index (χ3n) is 3.37. The second-order valence-electron chi connectivity index (χ2n) is 5.08. The number of carbonyl (C=O) groups excluding carboxylic acids is 1. The summed E-state index contributed by atoms with van der Waals surface area (Å²) in [4.78, 5) is 12.3.